The van der Waals surface area contributed by atoms with E-state index in [0.717, 1.165) is 26.6 Å². The number of thiazole rings is 1. The molecule has 4 rings (SSSR count). The van der Waals surface area contributed by atoms with Gasteiger partial charge in [0.15, 0.2) is 5.13 Å². The van der Waals surface area contributed by atoms with Crippen LogP contribution in [0, 0.1) is 5.82 Å². The van der Waals surface area contributed by atoms with E-state index in [1.54, 1.807) is 48.2 Å². The Bertz CT molecular complexity index is 1140. The summed E-state index contributed by atoms with van der Waals surface area (Å²) in [4.78, 5) is 20.4. The number of benzene rings is 2. The van der Waals surface area contributed by atoms with E-state index in [2.05, 4.69) is 4.98 Å². The average molecular weight is 457 g/mol. The van der Waals surface area contributed by atoms with Gasteiger partial charge in [-0.05, 0) is 60.7 Å². The van der Waals surface area contributed by atoms with Crippen LogP contribution >= 0.6 is 23.1 Å². The number of aromatic nitrogens is 1. The summed E-state index contributed by atoms with van der Waals surface area (Å²) in [6.45, 7) is 0.327. The van der Waals surface area contributed by atoms with Gasteiger partial charge in [0, 0.05) is 17.4 Å². The number of methoxy groups -OCH3 is 1. The van der Waals surface area contributed by atoms with Gasteiger partial charge in [-0.1, -0.05) is 11.3 Å². The molecule has 0 atom stereocenters. The van der Waals surface area contributed by atoms with Crippen molar-refractivity contribution >= 4 is 44.4 Å². The van der Waals surface area contributed by atoms with Crippen molar-refractivity contribution in [1.82, 2.24) is 4.98 Å². The number of hydrogen-bond donors (Lipinski definition) is 0. The zero-order chi connectivity index (χ0) is 21.6. The fraction of sp³-hybridized carbons (Fsp3) is 0.217. The molecule has 0 unspecified atom stereocenters. The number of halogens is 1. The molecule has 0 fully saturated rings. The molecule has 1 amide bonds. The van der Waals surface area contributed by atoms with Crippen LogP contribution in [0.2, 0.25) is 0 Å². The van der Waals surface area contributed by atoms with Gasteiger partial charge in [-0.25, -0.2) is 9.37 Å². The molecule has 2 heterocycles. The summed E-state index contributed by atoms with van der Waals surface area (Å²) >= 11 is 3.08. The first-order valence-corrected chi connectivity index (χ1v) is 11.6. The Labute approximate surface area is 187 Å². The average Bonchev–Trinajstić information content (AvgIpc) is 3.45. The Morgan fingerprint density at radius 2 is 2.06 bits per heavy atom. The number of nitrogens with zero attached hydrogens (tertiary/aromatic N) is 2. The topological polar surface area (TPSA) is 55.6 Å². The maximum absolute atomic E-state index is 13.1. The molecule has 0 N–H and O–H groups in total. The van der Waals surface area contributed by atoms with Crippen LogP contribution in [-0.4, -0.2) is 23.8 Å². The predicted molar refractivity (Wildman–Crippen MR) is 122 cm³/mol. The Morgan fingerprint density at radius 3 is 2.81 bits per heavy atom. The van der Waals surface area contributed by atoms with Gasteiger partial charge < -0.3 is 9.15 Å². The lowest BCUT2D eigenvalue weighted by Gasteiger charge is -2.18. The maximum atomic E-state index is 13.1. The van der Waals surface area contributed by atoms with Crippen LogP contribution < -0.4 is 9.64 Å². The van der Waals surface area contributed by atoms with Crippen LogP contribution in [0.1, 0.15) is 18.6 Å². The largest absolute Gasteiger partial charge is 0.497 e. The highest BCUT2D eigenvalue weighted by atomic mass is 32.2. The van der Waals surface area contributed by atoms with Crippen molar-refractivity contribution in [2.45, 2.75) is 24.3 Å². The summed E-state index contributed by atoms with van der Waals surface area (Å²) < 4.78 is 24.8. The molecule has 160 valence electrons. The van der Waals surface area contributed by atoms with Crippen molar-refractivity contribution in [3.05, 3.63) is 72.4 Å². The number of fused-ring (bicyclic) bond motifs is 1. The first-order valence-electron chi connectivity index (χ1n) is 9.78. The predicted octanol–water partition coefficient (Wildman–Crippen LogP) is 6.14. The van der Waals surface area contributed by atoms with E-state index in [1.165, 1.54) is 23.5 Å². The number of hydrogen-bond acceptors (Lipinski definition) is 6. The van der Waals surface area contributed by atoms with Gasteiger partial charge in [-0.2, -0.15) is 0 Å². The van der Waals surface area contributed by atoms with Crippen LogP contribution in [0.15, 0.2) is 70.2 Å². The molecule has 2 aromatic heterocycles. The van der Waals surface area contributed by atoms with E-state index in [9.17, 15) is 9.18 Å². The Balaban J connectivity index is 1.45. The quantitative estimate of drug-likeness (QED) is 0.224. The van der Waals surface area contributed by atoms with Gasteiger partial charge in [0.25, 0.3) is 0 Å². The molecule has 0 aliphatic rings. The molecule has 8 heteroatoms. The number of thioether (sulfide) groups is 1. The number of rotatable bonds is 9. The lowest BCUT2D eigenvalue weighted by molar-refractivity contribution is -0.118. The van der Waals surface area contributed by atoms with Gasteiger partial charge in [0.05, 0.1) is 30.1 Å². The molecular weight excluding hydrogens is 435 g/mol. The molecule has 5 nitrogen and oxygen atoms in total. The van der Waals surface area contributed by atoms with Gasteiger partial charge in [0.1, 0.15) is 17.3 Å². The molecule has 0 aliphatic carbocycles. The summed E-state index contributed by atoms with van der Waals surface area (Å²) in [5.74, 6) is 1.93. The third kappa shape index (κ3) is 5.45. The Hall–Kier alpha value is -2.84. The molecule has 0 radical (unpaired) electrons. The number of furan rings is 1. The van der Waals surface area contributed by atoms with E-state index in [4.69, 9.17) is 9.15 Å². The van der Waals surface area contributed by atoms with Crippen LogP contribution in [0.4, 0.5) is 9.52 Å². The molecule has 0 aliphatic heterocycles. The summed E-state index contributed by atoms with van der Waals surface area (Å²) in [6, 6.07) is 15.7. The highest BCUT2D eigenvalue weighted by molar-refractivity contribution is 7.99. The van der Waals surface area contributed by atoms with E-state index >= 15 is 0 Å². The van der Waals surface area contributed by atoms with Gasteiger partial charge in [-0.3, -0.25) is 9.69 Å². The minimum atomic E-state index is -0.249. The lowest BCUT2D eigenvalue weighted by Crippen LogP contribution is -2.30. The van der Waals surface area contributed by atoms with Crippen LogP contribution in [0.25, 0.3) is 10.2 Å². The van der Waals surface area contributed by atoms with E-state index in [-0.39, 0.29) is 11.7 Å². The van der Waals surface area contributed by atoms with Crippen molar-refractivity contribution in [3.8, 4) is 5.75 Å². The fourth-order valence-corrected chi connectivity index (χ4v) is 4.85. The van der Waals surface area contributed by atoms with Crippen molar-refractivity contribution in [2.75, 3.05) is 17.8 Å². The summed E-state index contributed by atoms with van der Waals surface area (Å²) in [7, 11) is 1.62. The summed E-state index contributed by atoms with van der Waals surface area (Å²) in [5, 5.41) is 0.635. The summed E-state index contributed by atoms with van der Waals surface area (Å²) in [5.41, 5.74) is 0.795. The highest BCUT2D eigenvalue weighted by Gasteiger charge is 2.21. The molecule has 2 aromatic carbocycles. The SMILES string of the molecule is COc1ccc2sc(N(Cc3ccco3)C(=O)CCCSc3ccc(F)cc3)nc2c1. The van der Waals surface area contributed by atoms with Crippen LogP contribution in [0.5, 0.6) is 5.75 Å². The monoisotopic (exact) mass is 456 g/mol. The Morgan fingerprint density at radius 1 is 1.23 bits per heavy atom. The van der Waals surface area contributed by atoms with Crippen molar-refractivity contribution in [3.63, 3.8) is 0 Å². The molecular formula is C23H21FN2O3S2. The molecule has 0 bridgehead atoms. The van der Waals surface area contributed by atoms with E-state index in [1.807, 2.05) is 24.3 Å². The number of amides is 1. The van der Waals surface area contributed by atoms with Crippen molar-refractivity contribution in [2.24, 2.45) is 0 Å². The fourth-order valence-electron chi connectivity index (χ4n) is 3.04. The first kappa shape index (κ1) is 21.4. The lowest BCUT2D eigenvalue weighted by atomic mass is 10.3. The minimum absolute atomic E-state index is 0.0119. The highest BCUT2D eigenvalue weighted by Crippen LogP contribution is 2.32. The van der Waals surface area contributed by atoms with Gasteiger partial charge in [0.2, 0.25) is 5.91 Å². The second-order valence-electron chi connectivity index (χ2n) is 6.80. The molecule has 0 saturated heterocycles. The third-order valence-electron chi connectivity index (χ3n) is 4.63. The molecule has 0 saturated carbocycles. The minimum Gasteiger partial charge on any atom is -0.497 e. The number of carbonyl (C=O) groups is 1. The number of ether oxygens (including phenoxy) is 1. The zero-order valence-electron chi connectivity index (χ0n) is 16.9. The zero-order valence-corrected chi connectivity index (χ0v) is 18.5. The van der Waals surface area contributed by atoms with Crippen molar-refractivity contribution in [1.29, 1.82) is 0 Å². The molecule has 4 aromatic rings. The second-order valence-corrected chi connectivity index (χ2v) is 8.97. The maximum Gasteiger partial charge on any atom is 0.229 e. The normalized spacial score (nSPS) is 11.0. The first-order chi connectivity index (χ1) is 15.1. The number of carbonyl (C=O) groups excluding carboxylic acids is 1. The van der Waals surface area contributed by atoms with Crippen molar-refractivity contribution < 1.29 is 18.3 Å². The van der Waals surface area contributed by atoms with E-state index in [0.29, 0.717) is 30.3 Å². The Kier molecular flexibility index (Phi) is 6.89. The third-order valence-corrected chi connectivity index (χ3v) is 6.78. The second kappa shape index (κ2) is 9.98. The van der Waals surface area contributed by atoms with Crippen LogP contribution in [-0.2, 0) is 11.3 Å². The van der Waals surface area contributed by atoms with E-state index < -0.39 is 0 Å². The summed E-state index contributed by atoms with van der Waals surface area (Å²) in [6.07, 6.45) is 2.68. The smallest absolute Gasteiger partial charge is 0.229 e. The molecule has 0 spiro atoms. The van der Waals surface area contributed by atoms with Gasteiger partial charge >= 0.3 is 0 Å². The molecule has 31 heavy (non-hydrogen) atoms. The van der Waals surface area contributed by atoms with Crippen LogP contribution in [0.3, 0.4) is 0 Å². The standard InChI is InChI=1S/C23H21FN2O3S2/c1-28-17-8-11-21-20(14-17)25-23(31-21)26(15-18-4-2-12-29-18)22(27)5-3-13-30-19-9-6-16(24)7-10-19/h2,4,6-12,14H,3,5,13,15H2,1H3. The van der Waals surface area contributed by atoms with Gasteiger partial charge in [-0.15, -0.1) is 11.8 Å². The number of anilines is 1.